The fourth-order valence-electron chi connectivity index (χ4n) is 2.89. The lowest BCUT2D eigenvalue weighted by Gasteiger charge is -2.30. The number of carbonyl (C=O) groups excluding carboxylic acids is 1. The average molecular weight is 456 g/mol. The molecule has 0 aliphatic carbocycles. The molecule has 0 fully saturated rings. The van der Waals surface area contributed by atoms with Crippen LogP contribution in [0.25, 0.3) is 5.70 Å². The molecule has 3 rings (SSSR count). The molecule has 1 heterocycles. The van der Waals surface area contributed by atoms with Crippen LogP contribution in [-0.2, 0) is 16.1 Å². The van der Waals surface area contributed by atoms with E-state index in [1.807, 2.05) is 66.6 Å². The number of halogens is 2. The van der Waals surface area contributed by atoms with Crippen molar-refractivity contribution in [2.24, 2.45) is 4.99 Å². The fourth-order valence-corrected chi connectivity index (χ4v) is 3.14. The van der Waals surface area contributed by atoms with Gasteiger partial charge in [-0.15, -0.1) is 0 Å². The zero-order chi connectivity index (χ0) is 22.4. The van der Waals surface area contributed by atoms with Crippen molar-refractivity contribution < 1.29 is 9.53 Å². The smallest absolute Gasteiger partial charge is 0.337 e. The van der Waals surface area contributed by atoms with Crippen LogP contribution in [-0.4, -0.2) is 30.4 Å². The summed E-state index contributed by atoms with van der Waals surface area (Å²) >= 11 is 12.0. The van der Waals surface area contributed by atoms with Gasteiger partial charge in [0.15, 0.2) is 0 Å². The number of hydrogen-bond donors (Lipinski definition) is 1. The van der Waals surface area contributed by atoms with Crippen molar-refractivity contribution in [2.45, 2.75) is 13.5 Å². The van der Waals surface area contributed by atoms with Gasteiger partial charge in [-0.3, -0.25) is 4.99 Å². The summed E-state index contributed by atoms with van der Waals surface area (Å²) in [6, 6.07) is 15.0. The van der Waals surface area contributed by atoms with Crippen LogP contribution < -0.4 is 5.32 Å². The first-order chi connectivity index (χ1) is 14.9. The highest BCUT2D eigenvalue weighted by atomic mass is 35.5. The first kappa shape index (κ1) is 22.7. The minimum Gasteiger partial charge on any atom is -0.462 e. The fraction of sp³-hybridized carbons (Fsp3) is 0.167. The summed E-state index contributed by atoms with van der Waals surface area (Å²) in [5, 5.41) is 4.68. The zero-order valence-corrected chi connectivity index (χ0v) is 18.9. The topological polar surface area (TPSA) is 53.9 Å². The monoisotopic (exact) mass is 455 g/mol. The van der Waals surface area contributed by atoms with E-state index in [2.05, 4.69) is 11.9 Å². The maximum absolute atomic E-state index is 12.0. The maximum atomic E-state index is 12.0. The number of esters is 1. The molecule has 1 N–H and O–H groups in total. The quantitative estimate of drug-likeness (QED) is 0.465. The van der Waals surface area contributed by atoms with Gasteiger partial charge in [-0.05, 0) is 48.4 Å². The molecule has 0 unspecified atom stereocenters. The summed E-state index contributed by atoms with van der Waals surface area (Å²) < 4.78 is 5.05. The van der Waals surface area contributed by atoms with Crippen molar-refractivity contribution in [3.8, 4) is 0 Å². The summed E-state index contributed by atoms with van der Waals surface area (Å²) in [7, 11) is 1.87. The molecular weight excluding hydrogens is 433 g/mol. The predicted molar refractivity (Wildman–Crippen MR) is 127 cm³/mol. The number of aliphatic imine (C=N–C) groups is 1. The number of hydrogen-bond acceptors (Lipinski definition) is 4. The number of carbonyl (C=O) groups is 1. The molecule has 1 aliphatic heterocycles. The molecule has 0 aromatic heterocycles. The lowest BCUT2D eigenvalue weighted by atomic mass is 10.1. The molecule has 0 amide bonds. The van der Waals surface area contributed by atoms with Crippen LogP contribution in [0, 0.1) is 0 Å². The van der Waals surface area contributed by atoms with Gasteiger partial charge in [0.25, 0.3) is 0 Å². The molecule has 0 spiro atoms. The highest BCUT2D eigenvalue weighted by molar-refractivity contribution is 6.30. The van der Waals surface area contributed by atoms with Crippen molar-refractivity contribution in [3.63, 3.8) is 0 Å². The molecule has 0 bridgehead atoms. The molecule has 160 valence electrons. The Morgan fingerprint density at radius 1 is 1.13 bits per heavy atom. The minimum atomic E-state index is -0.465. The van der Waals surface area contributed by atoms with E-state index in [4.69, 9.17) is 32.9 Å². The van der Waals surface area contributed by atoms with Gasteiger partial charge in [-0.2, -0.15) is 0 Å². The lowest BCUT2D eigenvalue weighted by Crippen LogP contribution is -2.37. The van der Waals surface area contributed by atoms with Gasteiger partial charge in [0.2, 0.25) is 0 Å². The molecule has 7 heteroatoms. The highest BCUT2D eigenvalue weighted by Gasteiger charge is 2.20. The number of benzene rings is 2. The number of likely N-dealkylation sites (N-methyl/N-ethyl adjacent to an activating group) is 1. The molecule has 5 nitrogen and oxygen atoms in total. The summed E-state index contributed by atoms with van der Waals surface area (Å²) in [5.41, 5.74) is 3.04. The lowest BCUT2D eigenvalue weighted by molar-refractivity contribution is -0.138. The highest BCUT2D eigenvalue weighted by Crippen LogP contribution is 2.23. The number of ether oxygens (including phenoxy) is 1. The molecule has 2 aromatic carbocycles. The first-order valence-electron chi connectivity index (χ1n) is 9.72. The van der Waals surface area contributed by atoms with Crippen molar-refractivity contribution in [1.29, 1.82) is 0 Å². The second-order valence-electron chi connectivity index (χ2n) is 6.83. The standard InChI is InChI=1S/C24H23Cl2N3O2/c1-4-31-24(30)16(2)13-23-28-21(18-7-11-20(26)12-8-18)14-22(29(23)3)27-15-17-5-9-19(25)10-6-17/h5-14,28H,2,4,15H2,1,3H3/b23-13-,27-22?. The Balaban J connectivity index is 1.95. The number of nitrogens with zero attached hydrogens (tertiary/aromatic N) is 2. The summed E-state index contributed by atoms with van der Waals surface area (Å²) in [6.07, 6.45) is 3.60. The molecular formula is C24H23Cl2N3O2. The molecule has 0 radical (unpaired) electrons. The van der Waals surface area contributed by atoms with Crippen LogP contribution in [0.1, 0.15) is 18.1 Å². The van der Waals surface area contributed by atoms with Gasteiger partial charge in [-0.1, -0.05) is 54.0 Å². The van der Waals surface area contributed by atoms with Gasteiger partial charge in [-0.25, -0.2) is 4.79 Å². The Morgan fingerprint density at radius 3 is 2.35 bits per heavy atom. The van der Waals surface area contributed by atoms with Crippen LogP contribution in [0.4, 0.5) is 0 Å². The summed E-state index contributed by atoms with van der Waals surface area (Å²) in [5.74, 6) is 0.911. The maximum Gasteiger partial charge on any atom is 0.337 e. The number of nitrogens with one attached hydrogen (secondary N) is 1. The van der Waals surface area contributed by atoms with Gasteiger partial charge in [0.05, 0.1) is 24.4 Å². The number of amidine groups is 1. The van der Waals surface area contributed by atoms with Crippen LogP contribution in [0.5, 0.6) is 0 Å². The van der Waals surface area contributed by atoms with E-state index in [0.29, 0.717) is 22.4 Å². The molecule has 1 aliphatic rings. The third-order valence-corrected chi connectivity index (χ3v) is 5.09. The molecule has 31 heavy (non-hydrogen) atoms. The third kappa shape index (κ3) is 6.00. The number of rotatable bonds is 6. The Hall–Kier alpha value is -3.02. The van der Waals surface area contributed by atoms with Gasteiger partial charge in [0, 0.05) is 23.2 Å². The van der Waals surface area contributed by atoms with E-state index in [-0.39, 0.29) is 12.2 Å². The van der Waals surface area contributed by atoms with E-state index in [1.54, 1.807) is 13.0 Å². The normalized spacial score (nSPS) is 16.1. The molecule has 0 atom stereocenters. The summed E-state index contributed by atoms with van der Waals surface area (Å²) in [4.78, 5) is 18.7. The van der Waals surface area contributed by atoms with E-state index in [1.165, 1.54) is 0 Å². The van der Waals surface area contributed by atoms with E-state index in [9.17, 15) is 4.79 Å². The van der Waals surface area contributed by atoms with Crippen molar-refractivity contribution >= 4 is 40.7 Å². The van der Waals surface area contributed by atoms with Crippen LogP contribution in [0.15, 0.2) is 83.6 Å². The van der Waals surface area contributed by atoms with Crippen molar-refractivity contribution in [2.75, 3.05) is 13.7 Å². The van der Waals surface area contributed by atoms with Gasteiger partial charge in [0.1, 0.15) is 11.7 Å². The van der Waals surface area contributed by atoms with E-state index >= 15 is 0 Å². The van der Waals surface area contributed by atoms with Crippen molar-refractivity contribution in [1.82, 2.24) is 10.2 Å². The molecule has 0 saturated heterocycles. The van der Waals surface area contributed by atoms with Gasteiger partial charge < -0.3 is 15.0 Å². The molecule has 2 aromatic rings. The predicted octanol–water partition coefficient (Wildman–Crippen LogP) is 5.43. The molecule has 0 saturated carbocycles. The second-order valence-corrected chi connectivity index (χ2v) is 7.70. The zero-order valence-electron chi connectivity index (χ0n) is 17.4. The Labute approximate surface area is 192 Å². The van der Waals surface area contributed by atoms with E-state index < -0.39 is 5.97 Å². The van der Waals surface area contributed by atoms with E-state index in [0.717, 1.165) is 22.7 Å². The van der Waals surface area contributed by atoms with Crippen molar-refractivity contribution in [3.05, 3.63) is 99.8 Å². The SMILES string of the molecule is C=C(/C=C1/NC(c2ccc(Cl)cc2)=CC(=NCc2ccc(Cl)cc2)N1C)C(=O)OCC. The van der Waals surface area contributed by atoms with Crippen LogP contribution >= 0.6 is 23.2 Å². The second kappa shape index (κ2) is 10.3. The largest absolute Gasteiger partial charge is 0.462 e. The average Bonchev–Trinajstić information content (AvgIpc) is 2.76. The van der Waals surface area contributed by atoms with Crippen LogP contribution in [0.3, 0.4) is 0 Å². The Morgan fingerprint density at radius 2 is 1.74 bits per heavy atom. The Kier molecular flexibility index (Phi) is 7.55. The van der Waals surface area contributed by atoms with Gasteiger partial charge >= 0.3 is 5.97 Å². The minimum absolute atomic E-state index is 0.241. The Bertz CT molecular complexity index is 1060. The van der Waals surface area contributed by atoms with Crippen LogP contribution in [0.2, 0.25) is 10.0 Å². The summed E-state index contributed by atoms with van der Waals surface area (Å²) in [6.45, 7) is 6.35. The first-order valence-corrected chi connectivity index (χ1v) is 10.5. The third-order valence-electron chi connectivity index (χ3n) is 4.58.